The monoisotopic (exact) mass is 924 g/mol. The van der Waals surface area contributed by atoms with Gasteiger partial charge in [-0.3, -0.25) is 0 Å². The summed E-state index contributed by atoms with van der Waals surface area (Å²) in [6.07, 6.45) is 0. The van der Waals surface area contributed by atoms with Crippen molar-refractivity contribution in [2.45, 2.75) is 77.0 Å². The Morgan fingerprint density at radius 3 is 1.28 bits per heavy atom. The largest absolute Gasteiger partial charge is 0.311 e. The Morgan fingerprint density at radius 2 is 0.806 bits per heavy atom. The van der Waals surface area contributed by atoms with Gasteiger partial charge in [-0.2, -0.15) is 5.26 Å². The Bertz CT molecular complexity index is 3940. The van der Waals surface area contributed by atoms with E-state index in [9.17, 15) is 5.26 Å². The Morgan fingerprint density at radius 1 is 0.389 bits per heavy atom. The summed E-state index contributed by atoms with van der Waals surface area (Å²) in [5.41, 5.74) is 21.3. The molecule has 0 saturated heterocycles. The molecule has 14 rings (SSSR count). The maximum atomic E-state index is 11.3. The number of nitriles is 1. The first-order valence-corrected chi connectivity index (χ1v) is 25.3. The molecule has 0 aromatic heterocycles. The average Bonchev–Trinajstić information content (AvgIpc) is 3.79. The van der Waals surface area contributed by atoms with Crippen molar-refractivity contribution in [2.75, 3.05) is 9.80 Å². The highest BCUT2D eigenvalue weighted by Crippen LogP contribution is 2.65. The molecule has 0 unspecified atom stereocenters. The molecule has 0 atom stereocenters. The van der Waals surface area contributed by atoms with Crippen LogP contribution < -0.4 is 9.80 Å². The minimum atomic E-state index is -0.383. The van der Waals surface area contributed by atoms with Crippen LogP contribution in [0.3, 0.4) is 0 Å². The molecule has 0 spiro atoms. The molecule has 0 saturated carbocycles. The summed E-state index contributed by atoms with van der Waals surface area (Å²) in [4.78, 5) is 9.13. The van der Waals surface area contributed by atoms with E-state index in [1.54, 1.807) is 0 Å². The Balaban J connectivity index is 1.06. The van der Waals surface area contributed by atoms with Gasteiger partial charge in [0.05, 0.1) is 46.6 Å². The van der Waals surface area contributed by atoms with Crippen LogP contribution in [0.25, 0.3) is 59.4 Å². The predicted molar refractivity (Wildman–Crippen MR) is 299 cm³/mol. The van der Waals surface area contributed by atoms with Crippen molar-refractivity contribution in [1.82, 2.24) is 0 Å². The van der Waals surface area contributed by atoms with Crippen LogP contribution in [0.5, 0.6) is 0 Å². The molecule has 4 nitrogen and oxygen atoms in total. The van der Waals surface area contributed by atoms with E-state index >= 15 is 0 Å². The van der Waals surface area contributed by atoms with E-state index in [2.05, 4.69) is 234 Å². The van der Waals surface area contributed by atoms with Crippen molar-refractivity contribution in [3.05, 3.63) is 231 Å². The third-order valence-electron chi connectivity index (χ3n) is 17.5. The van der Waals surface area contributed by atoms with Crippen LogP contribution >= 0.6 is 0 Å². The number of rotatable bonds is 2. The molecular formula is C68H52N4. The van der Waals surface area contributed by atoms with Crippen LogP contribution in [0, 0.1) is 17.9 Å². The zero-order valence-corrected chi connectivity index (χ0v) is 42.0. The van der Waals surface area contributed by atoms with Crippen molar-refractivity contribution < 1.29 is 0 Å². The highest BCUT2D eigenvalue weighted by Gasteiger charge is 2.49. The highest BCUT2D eigenvalue weighted by atomic mass is 15.2. The molecule has 72 heavy (non-hydrogen) atoms. The lowest BCUT2D eigenvalue weighted by molar-refractivity contribution is 0.584. The van der Waals surface area contributed by atoms with Gasteiger partial charge in [-0.1, -0.05) is 189 Å². The molecule has 4 aliphatic rings. The summed E-state index contributed by atoms with van der Waals surface area (Å²) < 4.78 is 0. The molecule has 10 aromatic rings. The van der Waals surface area contributed by atoms with Gasteiger partial charge in [-0.05, 0) is 125 Å². The minimum Gasteiger partial charge on any atom is -0.311 e. The number of benzene rings is 10. The maximum absolute atomic E-state index is 11.3. The van der Waals surface area contributed by atoms with Gasteiger partial charge in [0, 0.05) is 38.1 Å². The minimum absolute atomic E-state index is 0.303. The number of anilines is 6. The third-order valence-corrected chi connectivity index (χ3v) is 17.5. The number of hydrogen-bond donors (Lipinski definition) is 0. The van der Waals surface area contributed by atoms with Gasteiger partial charge in [0.15, 0.2) is 5.69 Å². The summed E-state index contributed by atoms with van der Waals surface area (Å²) in [7, 11) is 0. The second-order valence-electron chi connectivity index (χ2n) is 22.6. The van der Waals surface area contributed by atoms with Crippen LogP contribution in [0.4, 0.5) is 39.8 Å². The van der Waals surface area contributed by atoms with Crippen LogP contribution in [0.15, 0.2) is 170 Å². The Hall–Kier alpha value is -8.44. The lowest BCUT2D eigenvalue weighted by atomic mass is 9.67. The van der Waals surface area contributed by atoms with E-state index in [0.717, 1.165) is 44.9 Å². The summed E-state index contributed by atoms with van der Waals surface area (Å²) in [6, 6.07) is 64.6. The van der Waals surface area contributed by atoms with Crippen molar-refractivity contribution in [1.29, 1.82) is 5.26 Å². The average molecular weight is 925 g/mol. The van der Waals surface area contributed by atoms with Gasteiger partial charge in [-0.25, -0.2) is 4.85 Å². The number of fused-ring (bicyclic) bond motifs is 17. The fourth-order valence-corrected chi connectivity index (χ4v) is 14.4. The number of hydrogen-bond acceptors (Lipinski definition) is 3. The van der Waals surface area contributed by atoms with E-state index < -0.39 is 0 Å². The van der Waals surface area contributed by atoms with E-state index in [1.165, 1.54) is 88.3 Å². The molecule has 0 amide bonds. The molecular weight excluding hydrogens is 873 g/mol. The first-order chi connectivity index (χ1) is 34.7. The van der Waals surface area contributed by atoms with E-state index in [0.29, 0.717) is 11.3 Å². The van der Waals surface area contributed by atoms with Crippen LogP contribution in [-0.4, -0.2) is 0 Å². The van der Waals surface area contributed by atoms with Crippen molar-refractivity contribution in [3.63, 3.8) is 0 Å². The maximum Gasteiger partial charge on any atom is 0.197 e. The Labute approximate surface area is 421 Å². The number of para-hydroxylation sites is 2. The molecule has 2 aliphatic carbocycles. The molecule has 10 aromatic carbocycles. The summed E-state index contributed by atoms with van der Waals surface area (Å²) >= 11 is 0. The van der Waals surface area contributed by atoms with Gasteiger partial charge < -0.3 is 9.80 Å². The molecule has 344 valence electrons. The normalized spacial score (nSPS) is 16.4. The van der Waals surface area contributed by atoms with E-state index in [1.807, 2.05) is 12.1 Å². The fourth-order valence-electron chi connectivity index (χ4n) is 14.4. The standard InChI is InChI=1S/C68H52N4/c1-65(2)46-22-14-16-24-51(46)71(55-34-29-44-58-42-20-12-10-18-39(42)26-31-48(58)67(5,6)61(44)63(55)65)53-36-37-54(60-50(70-9)33-28-41(38-69)57(53)60)72-52-25-17-15-23-47(52)66(3,4)64-56(72)35-30-45-59-43-21-13-11-19-40(43)27-32-49(59)68(7,8)62(45)64/h10-37H,1-8H3. The van der Waals surface area contributed by atoms with Gasteiger partial charge in [0.25, 0.3) is 0 Å². The predicted octanol–water partition coefficient (Wildman–Crippen LogP) is 18.4. The van der Waals surface area contributed by atoms with Crippen LogP contribution in [-0.2, 0) is 21.7 Å². The van der Waals surface area contributed by atoms with Gasteiger partial charge in [0.2, 0.25) is 0 Å². The van der Waals surface area contributed by atoms with Gasteiger partial charge in [-0.15, -0.1) is 0 Å². The second-order valence-corrected chi connectivity index (χ2v) is 22.6. The van der Waals surface area contributed by atoms with Crippen LogP contribution in [0.1, 0.15) is 105 Å². The Kier molecular flexibility index (Phi) is 8.33. The molecule has 0 bridgehead atoms. The highest BCUT2D eigenvalue weighted by molar-refractivity contribution is 6.17. The topological polar surface area (TPSA) is 34.6 Å². The number of nitrogens with zero attached hydrogens (tertiary/aromatic N) is 4. The smallest absolute Gasteiger partial charge is 0.197 e. The lowest BCUT2D eigenvalue weighted by Crippen LogP contribution is -2.34. The first kappa shape index (κ1) is 42.4. The summed E-state index contributed by atoms with van der Waals surface area (Å²) in [5, 5.41) is 17.9. The van der Waals surface area contributed by atoms with E-state index in [4.69, 9.17) is 6.57 Å². The fraction of sp³-hybridized carbons (Fsp3) is 0.176. The first-order valence-electron chi connectivity index (χ1n) is 25.3. The van der Waals surface area contributed by atoms with E-state index in [-0.39, 0.29) is 21.7 Å². The van der Waals surface area contributed by atoms with Crippen molar-refractivity contribution in [2.24, 2.45) is 0 Å². The second kappa shape index (κ2) is 14.1. The zero-order valence-electron chi connectivity index (χ0n) is 42.0. The van der Waals surface area contributed by atoms with Crippen LogP contribution in [0.2, 0.25) is 0 Å². The molecule has 2 heterocycles. The van der Waals surface area contributed by atoms with Crippen molar-refractivity contribution >= 4 is 72.1 Å². The zero-order chi connectivity index (χ0) is 49.4. The molecule has 0 fully saturated rings. The molecule has 0 radical (unpaired) electrons. The van der Waals surface area contributed by atoms with Crippen molar-refractivity contribution in [3.8, 4) is 28.3 Å². The summed E-state index contributed by atoms with van der Waals surface area (Å²) in [5.74, 6) is 0. The van der Waals surface area contributed by atoms with Gasteiger partial charge >= 0.3 is 0 Å². The third kappa shape index (κ3) is 5.14. The van der Waals surface area contributed by atoms with Gasteiger partial charge in [0.1, 0.15) is 0 Å². The molecule has 4 heteroatoms. The molecule has 0 N–H and O–H groups in total. The lowest BCUT2D eigenvalue weighted by Gasteiger charge is -2.46. The molecule has 2 aliphatic heterocycles. The summed E-state index contributed by atoms with van der Waals surface area (Å²) in [6.45, 7) is 27.9. The quantitative estimate of drug-likeness (QED) is 0.162. The SMILES string of the molecule is [C-]#[N+]c1ccc(C#N)c2c(N3c4ccccc4C(C)(C)c4c3ccc3c4C(C)(C)c4ccc5ccccc5c4-3)ccc(N3c4ccccc4C(C)(C)c4c3ccc3c4C(C)(C)c4ccc5ccccc5c4-3)c12.